The van der Waals surface area contributed by atoms with Crippen LogP contribution < -0.4 is 16.4 Å². The van der Waals surface area contributed by atoms with Crippen molar-refractivity contribution >= 4 is 46.3 Å². The van der Waals surface area contributed by atoms with E-state index in [4.69, 9.17) is 27.1 Å². The van der Waals surface area contributed by atoms with Gasteiger partial charge in [-0.1, -0.05) is 11.6 Å². The van der Waals surface area contributed by atoms with Gasteiger partial charge in [0.2, 0.25) is 17.8 Å². The van der Waals surface area contributed by atoms with Crippen molar-refractivity contribution in [3.63, 3.8) is 0 Å². The lowest BCUT2D eigenvalue weighted by molar-refractivity contribution is -0.137. The molecular weight excluding hydrogens is 511 g/mol. The van der Waals surface area contributed by atoms with Gasteiger partial charge in [0.1, 0.15) is 5.52 Å². The van der Waals surface area contributed by atoms with Crippen LogP contribution in [0, 0.1) is 5.92 Å². The summed E-state index contributed by atoms with van der Waals surface area (Å²) < 4.78 is 46.7. The summed E-state index contributed by atoms with van der Waals surface area (Å²) in [6, 6.07) is 3.27. The van der Waals surface area contributed by atoms with Gasteiger partial charge in [0.25, 0.3) is 0 Å². The van der Waals surface area contributed by atoms with Crippen LogP contribution in [-0.2, 0) is 15.7 Å². The molecule has 3 aromatic rings. The number of nitrogens with zero attached hydrogens (tertiary/aromatic N) is 4. The third kappa shape index (κ3) is 5.59. The predicted molar refractivity (Wildman–Crippen MR) is 133 cm³/mol. The Kier molecular flexibility index (Phi) is 7.13. The molecule has 5 rings (SSSR count). The van der Waals surface area contributed by atoms with E-state index in [1.807, 2.05) is 4.57 Å². The molecule has 1 saturated carbocycles. The molecule has 0 atom stereocenters. The van der Waals surface area contributed by atoms with Crippen molar-refractivity contribution in [2.75, 3.05) is 23.8 Å². The van der Waals surface area contributed by atoms with Crippen LogP contribution in [0.15, 0.2) is 24.4 Å². The molecule has 0 radical (unpaired) electrons. The highest BCUT2D eigenvalue weighted by molar-refractivity contribution is 6.33. The Bertz CT molecular complexity index is 1290. The normalized spacial score (nSPS) is 21.2. The quantitative estimate of drug-likeness (QED) is 0.402. The number of benzene rings is 1. The maximum Gasteiger partial charge on any atom is 0.416 e. The summed E-state index contributed by atoms with van der Waals surface area (Å²) in [5.41, 5.74) is 6.07. The molecule has 2 aliphatic rings. The molecule has 2 aromatic heterocycles. The maximum atomic E-state index is 13.1. The van der Waals surface area contributed by atoms with Crippen LogP contribution in [0.2, 0.25) is 5.02 Å². The summed E-state index contributed by atoms with van der Waals surface area (Å²) >= 11 is 6.21. The lowest BCUT2D eigenvalue weighted by atomic mass is 9.85. The number of fused-ring (bicyclic) bond motifs is 1. The van der Waals surface area contributed by atoms with E-state index in [2.05, 4.69) is 20.6 Å². The zero-order valence-electron chi connectivity index (χ0n) is 19.9. The molecule has 198 valence electrons. The average molecular weight is 538 g/mol. The van der Waals surface area contributed by atoms with Crippen molar-refractivity contribution < 1.29 is 22.7 Å². The molecule has 1 aromatic carbocycles. The van der Waals surface area contributed by atoms with Gasteiger partial charge in [-0.15, -0.1) is 0 Å². The van der Waals surface area contributed by atoms with Crippen LogP contribution in [0.3, 0.4) is 0 Å². The Balaban J connectivity index is 1.49. The van der Waals surface area contributed by atoms with Gasteiger partial charge in [0.15, 0.2) is 5.65 Å². The number of aromatic nitrogens is 4. The fraction of sp³-hybridized carbons (Fsp3) is 0.500. The largest absolute Gasteiger partial charge is 0.416 e. The minimum Gasteiger partial charge on any atom is -0.381 e. The van der Waals surface area contributed by atoms with Gasteiger partial charge in [-0.2, -0.15) is 18.2 Å². The number of carbonyl (C=O) groups excluding carboxylic acids is 1. The van der Waals surface area contributed by atoms with Crippen LogP contribution in [-0.4, -0.2) is 44.7 Å². The predicted octanol–water partition coefficient (Wildman–Crippen LogP) is 5.05. The Morgan fingerprint density at radius 3 is 2.49 bits per heavy atom. The zero-order chi connectivity index (χ0) is 26.2. The van der Waals surface area contributed by atoms with Crippen molar-refractivity contribution in [2.45, 2.75) is 56.8 Å². The minimum atomic E-state index is -4.50. The van der Waals surface area contributed by atoms with Gasteiger partial charge >= 0.3 is 6.18 Å². The second-order valence-corrected chi connectivity index (χ2v) is 9.87. The smallest absolute Gasteiger partial charge is 0.381 e. The number of hydrogen-bond acceptors (Lipinski definition) is 7. The first kappa shape index (κ1) is 25.5. The van der Waals surface area contributed by atoms with Gasteiger partial charge in [0.05, 0.1) is 22.5 Å². The number of amides is 1. The molecule has 37 heavy (non-hydrogen) atoms. The van der Waals surface area contributed by atoms with E-state index in [9.17, 15) is 18.0 Å². The Labute approximate surface area is 215 Å². The first-order valence-corrected chi connectivity index (χ1v) is 12.6. The Hall–Kier alpha value is -3.12. The molecule has 1 aliphatic carbocycles. The number of nitrogens with two attached hydrogens (primary N) is 1. The summed E-state index contributed by atoms with van der Waals surface area (Å²) in [7, 11) is 0. The molecule has 0 unspecified atom stereocenters. The van der Waals surface area contributed by atoms with Crippen LogP contribution in [0.5, 0.6) is 0 Å². The summed E-state index contributed by atoms with van der Waals surface area (Å²) in [5.74, 6) is 0.350. The molecule has 13 heteroatoms. The molecular formula is C24H27ClF3N7O2. The van der Waals surface area contributed by atoms with Crippen molar-refractivity contribution in [1.82, 2.24) is 19.5 Å². The van der Waals surface area contributed by atoms with E-state index >= 15 is 0 Å². The third-order valence-corrected chi connectivity index (χ3v) is 7.31. The lowest BCUT2D eigenvalue weighted by Crippen LogP contribution is -2.29. The highest BCUT2D eigenvalue weighted by Crippen LogP contribution is 2.39. The monoisotopic (exact) mass is 537 g/mol. The molecule has 1 aliphatic heterocycles. The van der Waals surface area contributed by atoms with Gasteiger partial charge in [0, 0.05) is 31.2 Å². The van der Waals surface area contributed by atoms with Gasteiger partial charge < -0.3 is 21.1 Å². The van der Waals surface area contributed by atoms with Crippen molar-refractivity contribution in [3.05, 3.63) is 35.0 Å². The van der Waals surface area contributed by atoms with Crippen LogP contribution >= 0.6 is 11.6 Å². The molecule has 0 spiro atoms. The van der Waals surface area contributed by atoms with Gasteiger partial charge in [-0.05, 0) is 56.7 Å². The van der Waals surface area contributed by atoms with E-state index in [0.29, 0.717) is 62.0 Å². The second-order valence-electron chi connectivity index (χ2n) is 9.46. The van der Waals surface area contributed by atoms with E-state index in [1.165, 1.54) is 6.07 Å². The van der Waals surface area contributed by atoms with E-state index in [-0.39, 0.29) is 34.6 Å². The van der Waals surface area contributed by atoms with Crippen molar-refractivity contribution in [3.8, 4) is 0 Å². The molecule has 1 amide bonds. The molecule has 0 bridgehead atoms. The maximum absolute atomic E-state index is 13.1. The molecule has 4 N–H and O–H groups in total. The number of carbonyl (C=O) groups is 1. The number of nitrogens with one attached hydrogen (secondary N) is 2. The summed E-state index contributed by atoms with van der Waals surface area (Å²) in [6.07, 6.45) is 1.39. The topological polar surface area (TPSA) is 120 Å². The third-order valence-electron chi connectivity index (χ3n) is 6.99. The number of ether oxygens (including phenoxy) is 1. The average Bonchev–Trinajstić information content (AvgIpc) is 3.22. The summed E-state index contributed by atoms with van der Waals surface area (Å²) in [6.45, 7) is 1.34. The first-order chi connectivity index (χ1) is 17.7. The van der Waals surface area contributed by atoms with E-state index in [0.717, 1.165) is 25.0 Å². The lowest BCUT2D eigenvalue weighted by Gasteiger charge is -2.29. The molecule has 2 fully saturated rings. The van der Waals surface area contributed by atoms with Gasteiger partial charge in [-0.3, -0.25) is 9.36 Å². The Morgan fingerprint density at radius 1 is 1.11 bits per heavy atom. The number of rotatable bonds is 6. The van der Waals surface area contributed by atoms with Crippen molar-refractivity contribution in [2.24, 2.45) is 11.7 Å². The molecule has 3 heterocycles. The number of halogens is 4. The SMILES string of the molecule is NC(=O)[C@H]1CC[C@@H](n2c(Nc3ccc(C(F)(F)F)cc3Cl)nc3cnc(NC4CCOCC4)nc32)CC1. The van der Waals surface area contributed by atoms with E-state index < -0.39 is 11.7 Å². The van der Waals surface area contributed by atoms with Crippen LogP contribution in [0.4, 0.5) is 30.8 Å². The summed E-state index contributed by atoms with van der Waals surface area (Å²) in [5, 5.41) is 6.37. The minimum absolute atomic E-state index is 0.0536. The van der Waals surface area contributed by atoms with E-state index in [1.54, 1.807) is 6.20 Å². The fourth-order valence-corrected chi connectivity index (χ4v) is 5.18. The standard InChI is InChI=1S/C24H27ClF3N7O2/c25-17-11-14(24(26,27)28)3-6-18(17)32-23-33-19-12-30-22(31-15-7-9-37-10-8-15)34-21(19)35(23)16-4-1-13(2-5-16)20(29)36/h3,6,11-13,15-16H,1-2,4-5,7-10H2,(H2,29,36)(H,32,33)(H,30,31,34)/t13-,16+. The Morgan fingerprint density at radius 2 is 1.84 bits per heavy atom. The number of hydrogen-bond donors (Lipinski definition) is 3. The fourth-order valence-electron chi connectivity index (χ4n) is 4.95. The van der Waals surface area contributed by atoms with Crippen molar-refractivity contribution in [1.29, 1.82) is 0 Å². The van der Waals surface area contributed by atoms with Gasteiger partial charge in [-0.25, -0.2) is 9.97 Å². The number of alkyl halides is 3. The number of anilines is 3. The zero-order valence-corrected chi connectivity index (χ0v) is 20.6. The first-order valence-electron chi connectivity index (χ1n) is 12.2. The molecule has 1 saturated heterocycles. The summed E-state index contributed by atoms with van der Waals surface area (Å²) in [4.78, 5) is 25.5. The highest BCUT2D eigenvalue weighted by atomic mass is 35.5. The number of imidazole rings is 1. The molecule has 9 nitrogen and oxygen atoms in total. The highest BCUT2D eigenvalue weighted by Gasteiger charge is 2.32. The second kappa shape index (κ2) is 10.3. The van der Waals surface area contributed by atoms with Crippen LogP contribution in [0.25, 0.3) is 11.2 Å². The number of primary amides is 1. The van der Waals surface area contributed by atoms with Crippen LogP contribution in [0.1, 0.15) is 50.1 Å².